The van der Waals surface area contributed by atoms with Crippen molar-refractivity contribution in [3.8, 4) is 0 Å². The number of hydrogen-bond donors (Lipinski definition) is 10. The number of hydrogen-bond acceptors (Lipinski definition) is 18. The first-order chi connectivity index (χ1) is 20.9. The second-order valence-corrected chi connectivity index (χ2v) is 11.6. The van der Waals surface area contributed by atoms with Crippen LogP contribution >= 0.6 is 0 Å². The number of aromatic nitrogens is 6. The van der Waals surface area contributed by atoms with Gasteiger partial charge in [0.15, 0.2) is 0 Å². The molecule has 22 heteroatoms. The van der Waals surface area contributed by atoms with Crippen molar-refractivity contribution < 1.29 is 36.2 Å². The highest BCUT2D eigenvalue weighted by atomic mass is 32.2. The summed E-state index contributed by atoms with van der Waals surface area (Å²) in [7, 11) is -8.75. The van der Waals surface area contributed by atoms with E-state index in [1.54, 1.807) is 36.4 Å². The molecule has 2 aromatic carbocycles. The number of aliphatic hydroxyl groups is 2. The molecule has 0 unspecified atom stereocenters. The van der Waals surface area contributed by atoms with Crippen LogP contribution in [0.25, 0.3) is 10.8 Å². The number of anilines is 8. The molecule has 4 rings (SSSR count). The molecule has 0 amide bonds. The number of nitrogens with one attached hydrogen (secondary N) is 6. The summed E-state index contributed by atoms with van der Waals surface area (Å²) in [5, 5.41) is 36.1. The lowest BCUT2D eigenvalue weighted by Crippen LogP contribution is -2.17. The first-order valence-corrected chi connectivity index (χ1v) is 15.8. The summed E-state index contributed by atoms with van der Waals surface area (Å²) in [5.74, 6) is -1.96. The number of aliphatic hydroxyl groups excluding tert-OH is 2. The van der Waals surface area contributed by atoms with Gasteiger partial charge in [0.2, 0.25) is 35.7 Å². The van der Waals surface area contributed by atoms with Crippen LogP contribution in [-0.4, -0.2) is 104 Å². The predicted octanol–water partition coefficient (Wildman–Crippen LogP) is 0.0198. The summed E-state index contributed by atoms with van der Waals surface area (Å²) in [4.78, 5) is 24.9. The summed E-state index contributed by atoms with van der Waals surface area (Å²) in [6.45, 7) is -0.239. The molecule has 4 aromatic rings. The van der Waals surface area contributed by atoms with Crippen molar-refractivity contribution in [1.82, 2.24) is 29.9 Å². The number of nitrogens with zero attached hydrogens (tertiary/aromatic N) is 6. The van der Waals surface area contributed by atoms with E-state index in [0.717, 1.165) is 0 Å². The van der Waals surface area contributed by atoms with Crippen molar-refractivity contribution in [3.63, 3.8) is 0 Å². The van der Waals surface area contributed by atoms with E-state index < -0.39 is 32.0 Å². The molecule has 0 spiro atoms. The van der Waals surface area contributed by atoms with E-state index >= 15 is 0 Å². The molecular formula is C22H28N12O8S2. The van der Waals surface area contributed by atoms with Gasteiger partial charge in [-0.15, -0.1) is 0 Å². The average molecular weight is 653 g/mol. The Morgan fingerprint density at radius 2 is 0.864 bits per heavy atom. The molecule has 44 heavy (non-hydrogen) atoms. The normalized spacial score (nSPS) is 11.6. The minimum absolute atomic E-state index is 0.00996. The summed E-state index contributed by atoms with van der Waals surface area (Å²) < 4.78 is 62.9. The second kappa shape index (κ2) is 14.2. The number of rotatable bonds is 16. The minimum atomic E-state index is -4.37. The van der Waals surface area contributed by atoms with Gasteiger partial charge in [-0.2, -0.15) is 46.7 Å². The van der Waals surface area contributed by atoms with Gasteiger partial charge >= 0.3 is 0 Å². The third kappa shape index (κ3) is 9.65. The largest absolute Gasteiger partial charge is 0.395 e. The van der Waals surface area contributed by atoms with Gasteiger partial charge in [0.25, 0.3) is 20.2 Å². The van der Waals surface area contributed by atoms with Crippen molar-refractivity contribution >= 4 is 78.1 Å². The Bertz CT molecular complexity index is 1700. The van der Waals surface area contributed by atoms with E-state index in [9.17, 15) is 16.8 Å². The van der Waals surface area contributed by atoms with Gasteiger partial charge in [-0.25, -0.2) is 0 Å². The van der Waals surface area contributed by atoms with Crippen LogP contribution in [0.3, 0.4) is 0 Å². The van der Waals surface area contributed by atoms with Crippen molar-refractivity contribution in [2.45, 2.75) is 0 Å². The van der Waals surface area contributed by atoms with Crippen LogP contribution in [-0.2, 0) is 20.2 Å². The van der Waals surface area contributed by atoms with Crippen LogP contribution < -0.4 is 31.9 Å². The fourth-order valence-electron chi connectivity index (χ4n) is 3.60. The highest BCUT2D eigenvalue weighted by Crippen LogP contribution is 2.32. The summed E-state index contributed by atoms with van der Waals surface area (Å²) in [5.41, 5.74) is 1.06. The van der Waals surface area contributed by atoms with Crippen LogP contribution in [0, 0.1) is 0 Å². The lowest BCUT2D eigenvalue weighted by molar-refractivity contribution is 0.310. The van der Waals surface area contributed by atoms with E-state index in [-0.39, 0.29) is 62.0 Å². The summed E-state index contributed by atoms with van der Waals surface area (Å²) >= 11 is 0. The molecule has 0 saturated carbocycles. The van der Waals surface area contributed by atoms with Gasteiger partial charge in [0.1, 0.15) is 11.8 Å². The zero-order valence-corrected chi connectivity index (χ0v) is 24.3. The van der Waals surface area contributed by atoms with Crippen LogP contribution in [0.2, 0.25) is 0 Å². The van der Waals surface area contributed by atoms with Gasteiger partial charge in [0, 0.05) is 35.2 Å². The van der Waals surface area contributed by atoms with E-state index in [4.69, 9.17) is 19.3 Å². The van der Waals surface area contributed by atoms with Crippen molar-refractivity contribution in [3.05, 3.63) is 36.4 Å². The standard InChI is InChI=1S/C22H28N12O8S2/c35-9-7-23-17-29-19(25-11-43(37,38)39)33-21(31-17)27-15-5-1-3-13-14(15)4-2-6-16(13)28-22-32-18(24-8-10-36)30-20(34-22)26-12-44(40,41)42/h1-6,35-36H,7-12H2,(H,37,38,39)(H,40,41,42)(H3,23,25,27,29,31,33)(H3,24,26,28,30,32,34). The minimum Gasteiger partial charge on any atom is -0.395 e. The molecule has 0 radical (unpaired) electrons. The van der Waals surface area contributed by atoms with Gasteiger partial charge in [-0.1, -0.05) is 24.3 Å². The molecule has 0 bridgehead atoms. The maximum Gasteiger partial charge on any atom is 0.283 e. The molecule has 236 valence electrons. The number of fused-ring (bicyclic) bond motifs is 1. The molecule has 0 saturated heterocycles. The predicted molar refractivity (Wildman–Crippen MR) is 161 cm³/mol. The van der Waals surface area contributed by atoms with Crippen LogP contribution in [0.1, 0.15) is 0 Å². The van der Waals surface area contributed by atoms with Crippen LogP contribution in [0.5, 0.6) is 0 Å². The molecule has 2 aromatic heterocycles. The second-order valence-electron chi connectivity index (χ2n) is 8.68. The fraction of sp³-hybridized carbons (Fsp3) is 0.273. The van der Waals surface area contributed by atoms with Gasteiger partial charge in [-0.05, 0) is 12.1 Å². The smallest absolute Gasteiger partial charge is 0.283 e. The molecular weight excluding hydrogens is 624 g/mol. The SMILES string of the molecule is O=S(=O)(O)CNc1nc(NCCO)nc(Nc2cccc3c(Nc4nc(NCCO)nc(NCS(=O)(=O)O)n4)cccc23)n1. The molecule has 0 atom stereocenters. The maximum absolute atomic E-state index is 11.2. The Morgan fingerprint density at radius 1 is 0.523 bits per heavy atom. The molecule has 20 nitrogen and oxygen atoms in total. The Morgan fingerprint density at radius 3 is 1.20 bits per heavy atom. The van der Waals surface area contributed by atoms with Gasteiger partial charge < -0.3 is 42.1 Å². The zero-order valence-electron chi connectivity index (χ0n) is 22.6. The Balaban J connectivity index is 1.66. The lowest BCUT2D eigenvalue weighted by atomic mass is 10.1. The Hall–Kier alpha value is -4.74. The third-order valence-electron chi connectivity index (χ3n) is 5.30. The van der Waals surface area contributed by atoms with E-state index in [0.29, 0.717) is 22.1 Å². The maximum atomic E-state index is 11.2. The van der Waals surface area contributed by atoms with Crippen LogP contribution in [0.15, 0.2) is 36.4 Å². The third-order valence-corrected chi connectivity index (χ3v) is 6.32. The monoisotopic (exact) mass is 652 g/mol. The molecule has 0 aliphatic heterocycles. The highest BCUT2D eigenvalue weighted by Gasteiger charge is 2.14. The lowest BCUT2D eigenvalue weighted by Gasteiger charge is -2.14. The molecule has 0 aliphatic carbocycles. The van der Waals surface area contributed by atoms with Gasteiger partial charge in [-0.3, -0.25) is 9.11 Å². The van der Waals surface area contributed by atoms with E-state index in [1.807, 2.05) is 0 Å². The van der Waals surface area contributed by atoms with Crippen molar-refractivity contribution in [2.24, 2.45) is 0 Å². The fourth-order valence-corrected chi connectivity index (χ4v) is 4.22. The first kappa shape index (κ1) is 32.2. The molecule has 10 N–H and O–H groups in total. The van der Waals surface area contributed by atoms with Gasteiger partial charge in [0.05, 0.1) is 13.2 Å². The van der Waals surface area contributed by atoms with Crippen LogP contribution in [0.4, 0.5) is 47.1 Å². The first-order valence-electron chi connectivity index (χ1n) is 12.6. The quantitative estimate of drug-likeness (QED) is 0.0713. The Labute approximate surface area is 250 Å². The van der Waals surface area contributed by atoms with E-state index in [2.05, 4.69) is 61.8 Å². The molecule has 0 fully saturated rings. The number of benzene rings is 2. The summed E-state index contributed by atoms with van der Waals surface area (Å²) in [6.07, 6.45) is 0. The summed E-state index contributed by atoms with van der Waals surface area (Å²) in [6, 6.07) is 10.5. The van der Waals surface area contributed by atoms with Crippen molar-refractivity contribution in [1.29, 1.82) is 0 Å². The molecule has 2 heterocycles. The molecule has 0 aliphatic rings. The topological polar surface area (TPSA) is 299 Å². The average Bonchev–Trinajstić information content (AvgIpc) is 2.96. The van der Waals surface area contributed by atoms with E-state index in [1.165, 1.54) is 0 Å². The zero-order chi connectivity index (χ0) is 31.7. The highest BCUT2D eigenvalue weighted by molar-refractivity contribution is 7.86. The Kier molecular flexibility index (Phi) is 10.4. The van der Waals surface area contributed by atoms with Crippen molar-refractivity contribution in [2.75, 3.05) is 70.0 Å².